The van der Waals surface area contributed by atoms with Crippen LogP contribution in [0.3, 0.4) is 0 Å². The van der Waals surface area contributed by atoms with Gasteiger partial charge in [-0.2, -0.15) is 0 Å². The highest BCUT2D eigenvalue weighted by Gasteiger charge is 2.27. The van der Waals surface area contributed by atoms with Gasteiger partial charge in [0.2, 0.25) is 0 Å². The smallest absolute Gasteiger partial charge is 0.338 e. The number of halogens is 1. The Hall–Kier alpha value is -3.65. The second kappa shape index (κ2) is 9.69. The van der Waals surface area contributed by atoms with Gasteiger partial charge in [0.05, 0.1) is 29.3 Å². The molecule has 34 heavy (non-hydrogen) atoms. The Morgan fingerprint density at radius 3 is 2.74 bits per heavy atom. The molecule has 0 radical (unpaired) electrons. The molecule has 170 valence electrons. The molecule has 0 spiro atoms. The van der Waals surface area contributed by atoms with Gasteiger partial charge in [0.15, 0.2) is 0 Å². The molecule has 0 saturated carbocycles. The Labute approximate surface area is 205 Å². The number of pyridine rings is 2. The zero-order valence-corrected chi connectivity index (χ0v) is 20.1. The number of esters is 1. The normalized spacial score (nSPS) is 14.5. The number of carbonyl (C=O) groups excluding carboxylic acids is 1. The number of hydrogen-bond donors (Lipinski definition) is 0. The summed E-state index contributed by atoms with van der Waals surface area (Å²) in [6, 6.07) is 15.1. The average Bonchev–Trinajstić information content (AvgIpc) is 3.19. The molecule has 1 atom stereocenters. The molecule has 1 aromatic carbocycles. The lowest BCUT2D eigenvalue weighted by atomic mass is 10.0. The first-order valence-electron chi connectivity index (χ1n) is 11.0. The molecule has 4 heterocycles. The van der Waals surface area contributed by atoms with Crippen LogP contribution in [0.1, 0.15) is 52.0 Å². The zero-order chi connectivity index (χ0) is 23.5. The molecule has 8 heteroatoms. The molecule has 0 amide bonds. The van der Waals surface area contributed by atoms with Crippen LogP contribution < -0.4 is 0 Å². The maximum atomic E-state index is 12.3. The molecule has 1 aliphatic rings. The number of aliphatic imine (C=N–C) groups is 1. The van der Waals surface area contributed by atoms with Crippen molar-refractivity contribution in [2.24, 2.45) is 4.99 Å². The quantitative estimate of drug-likeness (QED) is 0.258. The molecule has 3 aromatic heterocycles. The fourth-order valence-electron chi connectivity index (χ4n) is 4.09. The van der Waals surface area contributed by atoms with Crippen LogP contribution in [0.2, 0.25) is 0 Å². The Balaban J connectivity index is 1.45. The summed E-state index contributed by atoms with van der Waals surface area (Å²) >= 11 is 3.61. The fraction of sp³-hybridized carbons (Fsp3) is 0.192. The van der Waals surface area contributed by atoms with E-state index in [1.54, 1.807) is 30.7 Å². The third kappa shape index (κ3) is 4.41. The second-order valence-electron chi connectivity index (χ2n) is 7.98. The van der Waals surface area contributed by atoms with Gasteiger partial charge in [-0.05, 0) is 62.2 Å². The number of fused-ring (bicyclic) bond motifs is 3. The summed E-state index contributed by atoms with van der Waals surface area (Å²) in [4.78, 5) is 30.7. The summed E-state index contributed by atoms with van der Waals surface area (Å²) in [5.74, 6) is 0.517. The van der Waals surface area contributed by atoms with Gasteiger partial charge in [-0.3, -0.25) is 19.5 Å². The molecule has 1 aliphatic heterocycles. The van der Waals surface area contributed by atoms with Crippen LogP contribution in [0.15, 0.2) is 82.8 Å². The molecule has 0 unspecified atom stereocenters. The number of aryl methyl sites for hydroxylation is 1. The summed E-state index contributed by atoms with van der Waals surface area (Å²) in [6.45, 7) is 2.34. The van der Waals surface area contributed by atoms with Gasteiger partial charge in [-0.25, -0.2) is 9.78 Å². The second-order valence-corrected chi connectivity index (χ2v) is 8.89. The zero-order valence-electron chi connectivity index (χ0n) is 18.6. The Morgan fingerprint density at radius 2 is 1.94 bits per heavy atom. The Morgan fingerprint density at radius 1 is 1.09 bits per heavy atom. The monoisotopic (exact) mass is 515 g/mol. The molecule has 5 rings (SSSR count). The van der Waals surface area contributed by atoms with E-state index in [-0.39, 0.29) is 12.0 Å². The van der Waals surface area contributed by atoms with Crippen LogP contribution in [-0.4, -0.2) is 37.8 Å². The number of nitrogens with zero attached hydrogens (tertiary/aromatic N) is 5. The van der Waals surface area contributed by atoms with Gasteiger partial charge < -0.3 is 4.74 Å². The minimum Gasteiger partial charge on any atom is -0.462 e. The van der Waals surface area contributed by atoms with Crippen molar-refractivity contribution in [1.29, 1.82) is 0 Å². The molecule has 0 N–H and O–H groups in total. The van der Waals surface area contributed by atoms with E-state index in [1.165, 1.54) is 0 Å². The van der Waals surface area contributed by atoms with E-state index in [0.29, 0.717) is 25.0 Å². The van der Waals surface area contributed by atoms with Gasteiger partial charge in [0.1, 0.15) is 11.9 Å². The van der Waals surface area contributed by atoms with Crippen molar-refractivity contribution in [3.63, 3.8) is 0 Å². The molecule has 0 saturated heterocycles. The van der Waals surface area contributed by atoms with E-state index in [0.717, 1.165) is 38.6 Å². The fourth-order valence-corrected chi connectivity index (χ4v) is 4.45. The van der Waals surface area contributed by atoms with E-state index in [2.05, 4.69) is 42.6 Å². The maximum Gasteiger partial charge on any atom is 0.338 e. The summed E-state index contributed by atoms with van der Waals surface area (Å²) < 4.78 is 8.60. The van der Waals surface area contributed by atoms with Crippen LogP contribution in [0.4, 0.5) is 0 Å². The van der Waals surface area contributed by atoms with Crippen molar-refractivity contribution in [1.82, 2.24) is 19.5 Å². The summed E-state index contributed by atoms with van der Waals surface area (Å²) in [6.07, 6.45) is 8.12. The average molecular weight is 516 g/mol. The van der Waals surface area contributed by atoms with Crippen molar-refractivity contribution < 1.29 is 9.53 Å². The van der Waals surface area contributed by atoms with Gasteiger partial charge in [-0.15, -0.1) is 0 Å². The minimum absolute atomic E-state index is 0.212. The van der Waals surface area contributed by atoms with Crippen LogP contribution in [-0.2, 0) is 4.74 Å². The number of aromatic nitrogens is 4. The van der Waals surface area contributed by atoms with Crippen molar-refractivity contribution >= 4 is 27.6 Å². The van der Waals surface area contributed by atoms with Crippen molar-refractivity contribution in [3.05, 3.63) is 106 Å². The predicted octanol–water partition coefficient (Wildman–Crippen LogP) is 5.26. The topological polar surface area (TPSA) is 82.3 Å². The Kier molecular flexibility index (Phi) is 6.31. The van der Waals surface area contributed by atoms with Crippen LogP contribution in [0, 0.1) is 6.92 Å². The molecule has 0 aliphatic carbocycles. The van der Waals surface area contributed by atoms with Crippen molar-refractivity contribution in [3.8, 4) is 5.69 Å². The molecule has 0 fully saturated rings. The first-order valence-corrected chi connectivity index (χ1v) is 11.8. The van der Waals surface area contributed by atoms with Gasteiger partial charge >= 0.3 is 5.97 Å². The maximum absolute atomic E-state index is 12.3. The molecular weight excluding hydrogens is 494 g/mol. The SMILES string of the molecule is Cc1cnc2n1-c1ccc(Br)cc1C(c1ccccn1)=N[C@H]2CCCOC(=O)c1ccncc1. The highest BCUT2D eigenvalue weighted by molar-refractivity contribution is 9.10. The number of hydrogen-bond acceptors (Lipinski definition) is 6. The molecular formula is C26H22BrN5O2. The number of rotatable bonds is 6. The standard InChI is InChI=1S/C26H22BrN5O2/c1-17-16-30-25-22(6-4-14-34-26(33)18-9-12-28-13-10-18)31-24(21-5-2-3-11-29-21)20-15-19(27)7-8-23(20)32(17)25/h2-3,5,7-13,15-16,22H,4,6,14H2,1H3/t22-/m0/s1. The van der Waals surface area contributed by atoms with Crippen LogP contribution in [0.25, 0.3) is 5.69 Å². The first kappa shape index (κ1) is 22.2. The number of benzene rings is 1. The highest BCUT2D eigenvalue weighted by atomic mass is 79.9. The number of ether oxygens (including phenoxy) is 1. The van der Waals surface area contributed by atoms with Crippen LogP contribution in [0.5, 0.6) is 0 Å². The predicted molar refractivity (Wildman–Crippen MR) is 132 cm³/mol. The summed E-state index contributed by atoms with van der Waals surface area (Å²) in [7, 11) is 0. The molecule has 0 bridgehead atoms. The minimum atomic E-state index is -0.351. The third-order valence-electron chi connectivity index (χ3n) is 5.68. The number of imidazole rings is 1. The summed E-state index contributed by atoms with van der Waals surface area (Å²) in [5.41, 5.74) is 5.16. The largest absolute Gasteiger partial charge is 0.462 e. The highest BCUT2D eigenvalue weighted by Crippen LogP contribution is 2.34. The van der Waals surface area contributed by atoms with E-state index >= 15 is 0 Å². The number of carbonyl (C=O) groups is 1. The lowest BCUT2D eigenvalue weighted by molar-refractivity contribution is 0.0496. The summed E-state index contributed by atoms with van der Waals surface area (Å²) in [5, 5.41) is 0. The first-order chi connectivity index (χ1) is 16.6. The van der Waals surface area contributed by atoms with Gasteiger partial charge in [0.25, 0.3) is 0 Å². The Bertz CT molecular complexity index is 1350. The van der Waals surface area contributed by atoms with Gasteiger partial charge in [0, 0.05) is 40.5 Å². The lowest BCUT2D eigenvalue weighted by Crippen LogP contribution is -2.10. The van der Waals surface area contributed by atoms with Crippen LogP contribution >= 0.6 is 15.9 Å². The van der Waals surface area contributed by atoms with Crippen molar-refractivity contribution in [2.75, 3.05) is 6.61 Å². The van der Waals surface area contributed by atoms with Gasteiger partial charge in [-0.1, -0.05) is 22.0 Å². The van der Waals surface area contributed by atoms with E-state index in [9.17, 15) is 4.79 Å². The van der Waals surface area contributed by atoms with E-state index in [1.807, 2.05) is 37.4 Å². The van der Waals surface area contributed by atoms with Crippen molar-refractivity contribution in [2.45, 2.75) is 25.8 Å². The third-order valence-corrected chi connectivity index (χ3v) is 6.17. The molecule has 7 nitrogen and oxygen atoms in total. The lowest BCUT2D eigenvalue weighted by Gasteiger charge is -2.14. The molecule has 4 aromatic rings. The van der Waals surface area contributed by atoms with E-state index in [4.69, 9.17) is 14.7 Å². The van der Waals surface area contributed by atoms with E-state index < -0.39 is 0 Å².